The van der Waals surface area contributed by atoms with Crippen molar-refractivity contribution in [2.24, 2.45) is 10.9 Å². The molecule has 0 saturated carbocycles. The normalized spacial score (nSPS) is 18.7. The zero-order valence-electron chi connectivity index (χ0n) is 17.4. The van der Waals surface area contributed by atoms with Gasteiger partial charge in [0.1, 0.15) is 0 Å². The van der Waals surface area contributed by atoms with Crippen molar-refractivity contribution >= 4 is 38.5 Å². The Morgan fingerprint density at radius 2 is 1.90 bits per heavy atom. The molecule has 7 heteroatoms. The summed E-state index contributed by atoms with van der Waals surface area (Å²) in [6.07, 6.45) is 2.07. The minimum Gasteiger partial charge on any atom is -0.862 e. The van der Waals surface area contributed by atoms with Crippen LogP contribution in [-0.2, 0) is 16.4 Å². The zero-order valence-corrected chi connectivity index (χ0v) is 20.4. The summed E-state index contributed by atoms with van der Waals surface area (Å²) in [5, 5.41) is 12.6. The summed E-state index contributed by atoms with van der Waals surface area (Å²) in [4.78, 5) is 4.53. The van der Waals surface area contributed by atoms with Gasteiger partial charge in [0.2, 0.25) is 10.0 Å². The molecule has 1 unspecified atom stereocenters. The van der Waals surface area contributed by atoms with Crippen molar-refractivity contribution in [2.75, 3.05) is 19.6 Å². The summed E-state index contributed by atoms with van der Waals surface area (Å²) in [6, 6.07) is 15.1. The van der Waals surface area contributed by atoms with Crippen LogP contribution >= 0.6 is 22.6 Å². The van der Waals surface area contributed by atoms with E-state index < -0.39 is 10.0 Å². The lowest BCUT2D eigenvalue weighted by Crippen LogP contribution is -2.45. The van der Waals surface area contributed by atoms with Gasteiger partial charge in [-0.2, -0.15) is 4.31 Å². The van der Waals surface area contributed by atoms with Crippen molar-refractivity contribution in [2.45, 2.75) is 43.9 Å². The molecule has 0 aromatic heterocycles. The van der Waals surface area contributed by atoms with Crippen LogP contribution in [0.3, 0.4) is 0 Å². The molecule has 0 aliphatic carbocycles. The Labute approximate surface area is 193 Å². The van der Waals surface area contributed by atoms with Gasteiger partial charge >= 0.3 is 0 Å². The van der Waals surface area contributed by atoms with E-state index in [1.807, 2.05) is 36.4 Å². The molecular formula is C23H28IN2O3S-. The second-order valence-corrected chi connectivity index (χ2v) is 11.1. The first-order valence-corrected chi connectivity index (χ1v) is 12.9. The summed E-state index contributed by atoms with van der Waals surface area (Å²) in [7, 11) is -3.60. The minimum absolute atomic E-state index is 0.184. The van der Waals surface area contributed by atoms with E-state index in [4.69, 9.17) is 0 Å². The maximum atomic E-state index is 13.1. The largest absolute Gasteiger partial charge is 0.862 e. The van der Waals surface area contributed by atoms with Gasteiger partial charge in [0.15, 0.2) is 0 Å². The van der Waals surface area contributed by atoms with Crippen molar-refractivity contribution in [1.82, 2.24) is 4.31 Å². The lowest BCUT2D eigenvalue weighted by molar-refractivity contribution is -0.225. The van der Waals surface area contributed by atoms with Gasteiger partial charge in [0, 0.05) is 29.1 Å². The first-order chi connectivity index (χ1) is 14.3. The van der Waals surface area contributed by atoms with Crippen LogP contribution in [0.5, 0.6) is 0 Å². The fraction of sp³-hybridized carbons (Fsp3) is 0.435. The number of aliphatic imine (C=N–C) groups is 1. The third kappa shape index (κ3) is 5.62. The molecule has 0 radical (unpaired) electrons. The van der Waals surface area contributed by atoms with Crippen LogP contribution < -0.4 is 5.11 Å². The Hall–Kier alpha value is -1.45. The maximum absolute atomic E-state index is 13.1. The highest BCUT2D eigenvalue weighted by atomic mass is 127. The second kappa shape index (κ2) is 10.2. The Morgan fingerprint density at radius 3 is 2.57 bits per heavy atom. The van der Waals surface area contributed by atoms with Crippen LogP contribution in [0.4, 0.5) is 0 Å². The molecule has 0 spiro atoms. The number of hydrogen-bond acceptors (Lipinski definition) is 4. The van der Waals surface area contributed by atoms with E-state index in [2.05, 4.69) is 41.4 Å². The second-order valence-electron chi connectivity index (χ2n) is 7.99. The number of hydrogen-bond donors (Lipinski definition) is 0. The van der Waals surface area contributed by atoms with Crippen LogP contribution in [0.25, 0.3) is 0 Å². The molecule has 1 saturated heterocycles. The molecule has 1 fully saturated rings. The monoisotopic (exact) mass is 539 g/mol. The predicted octanol–water partition coefficient (Wildman–Crippen LogP) is 3.82. The van der Waals surface area contributed by atoms with Crippen LogP contribution in [0, 0.1) is 9.49 Å². The summed E-state index contributed by atoms with van der Waals surface area (Å²) >= 11 is 2.28. The summed E-state index contributed by atoms with van der Waals surface area (Å²) < 4.78 is 28.7. The van der Waals surface area contributed by atoms with E-state index in [1.54, 1.807) is 12.1 Å². The molecule has 2 aromatic carbocycles. The van der Waals surface area contributed by atoms with E-state index in [0.29, 0.717) is 38.3 Å². The predicted molar refractivity (Wildman–Crippen MR) is 127 cm³/mol. The standard InChI is InChI=1S/C23H29IN2O3S/c1-17(2)18-9-11-21(12-10-18)30(28,29)26-15-5-7-20(16-26)23(27)25-14-13-19-6-3-4-8-22(19)24/h3-4,6,8-12,17,20H,5,7,13-16H2,1-2H3,(H,25,27)/p-1. The van der Waals surface area contributed by atoms with E-state index >= 15 is 0 Å². The van der Waals surface area contributed by atoms with Crippen molar-refractivity contribution in [3.05, 3.63) is 63.2 Å². The first kappa shape index (κ1) is 23.2. The van der Waals surface area contributed by atoms with Crippen LogP contribution in [0.15, 0.2) is 58.4 Å². The number of rotatable bonds is 7. The molecule has 2 aromatic rings. The number of benzene rings is 2. The Bertz CT molecular complexity index is 988. The van der Waals surface area contributed by atoms with Gasteiger partial charge in [-0.25, -0.2) is 8.42 Å². The molecule has 162 valence electrons. The van der Waals surface area contributed by atoms with Crippen LogP contribution in [0.2, 0.25) is 0 Å². The Balaban J connectivity index is 1.65. The van der Waals surface area contributed by atoms with Gasteiger partial charge < -0.3 is 10.1 Å². The van der Waals surface area contributed by atoms with Gasteiger partial charge in [-0.3, -0.25) is 0 Å². The topological polar surface area (TPSA) is 72.8 Å². The summed E-state index contributed by atoms with van der Waals surface area (Å²) in [5.74, 6) is -0.200. The maximum Gasteiger partial charge on any atom is 0.243 e. The number of nitrogens with zero attached hydrogens (tertiary/aromatic N) is 2. The molecule has 1 atom stereocenters. The zero-order chi connectivity index (χ0) is 21.7. The highest BCUT2D eigenvalue weighted by Gasteiger charge is 2.30. The third-order valence-corrected chi connectivity index (χ3v) is 8.46. The minimum atomic E-state index is -3.60. The third-order valence-electron chi connectivity index (χ3n) is 5.52. The van der Waals surface area contributed by atoms with E-state index in [-0.39, 0.29) is 23.3 Å². The van der Waals surface area contributed by atoms with Gasteiger partial charge in [-0.1, -0.05) is 44.2 Å². The highest BCUT2D eigenvalue weighted by Crippen LogP contribution is 2.25. The SMILES string of the molecule is CC(C)c1ccc(S(=O)(=O)N2CCCC(C([O-])=NCCc3ccccc3I)C2)cc1. The molecule has 5 nitrogen and oxygen atoms in total. The summed E-state index contributed by atoms with van der Waals surface area (Å²) in [5.41, 5.74) is 2.28. The Morgan fingerprint density at radius 1 is 1.20 bits per heavy atom. The van der Waals surface area contributed by atoms with E-state index in [1.165, 1.54) is 9.87 Å². The van der Waals surface area contributed by atoms with Gasteiger partial charge in [0.25, 0.3) is 0 Å². The van der Waals surface area contributed by atoms with Gasteiger partial charge in [0.05, 0.1) is 4.90 Å². The van der Waals surface area contributed by atoms with Gasteiger partial charge in [-0.15, -0.1) is 0 Å². The van der Waals surface area contributed by atoms with Gasteiger partial charge in [-0.05, 0) is 83.0 Å². The molecule has 1 aliphatic rings. The average Bonchev–Trinajstić information content (AvgIpc) is 2.75. The molecular weight excluding hydrogens is 511 g/mol. The number of halogens is 1. The highest BCUT2D eigenvalue weighted by molar-refractivity contribution is 14.1. The van der Waals surface area contributed by atoms with Crippen LogP contribution in [0.1, 0.15) is 43.7 Å². The fourth-order valence-corrected chi connectivity index (χ4v) is 5.83. The number of piperidine rings is 1. The fourth-order valence-electron chi connectivity index (χ4n) is 3.65. The van der Waals surface area contributed by atoms with Crippen molar-refractivity contribution < 1.29 is 13.5 Å². The number of sulfonamides is 1. The Kier molecular flexibility index (Phi) is 7.92. The van der Waals surface area contributed by atoms with Crippen molar-refractivity contribution in [3.8, 4) is 0 Å². The van der Waals surface area contributed by atoms with Crippen molar-refractivity contribution in [1.29, 1.82) is 0 Å². The first-order valence-electron chi connectivity index (χ1n) is 10.3. The molecule has 0 amide bonds. The quantitative estimate of drug-likeness (QED) is 0.305. The molecule has 30 heavy (non-hydrogen) atoms. The van der Waals surface area contributed by atoms with Crippen LogP contribution in [-0.4, -0.2) is 38.3 Å². The van der Waals surface area contributed by atoms with E-state index in [0.717, 1.165) is 9.13 Å². The summed E-state index contributed by atoms with van der Waals surface area (Å²) in [6.45, 7) is 5.23. The molecule has 0 bridgehead atoms. The molecule has 1 aliphatic heterocycles. The molecule has 1 heterocycles. The molecule has 3 rings (SSSR count). The smallest absolute Gasteiger partial charge is 0.243 e. The lowest BCUT2D eigenvalue weighted by atomic mass is 9.99. The van der Waals surface area contributed by atoms with E-state index in [9.17, 15) is 13.5 Å². The molecule has 0 N–H and O–H groups in total. The van der Waals surface area contributed by atoms with Crippen molar-refractivity contribution in [3.63, 3.8) is 0 Å². The lowest BCUT2D eigenvalue weighted by Gasteiger charge is -2.34. The average molecular weight is 539 g/mol.